The van der Waals surface area contributed by atoms with E-state index < -0.39 is 47.9 Å². The topological polar surface area (TPSA) is 129 Å². The average Bonchev–Trinajstić information content (AvgIpc) is 2.70. The van der Waals surface area contributed by atoms with Gasteiger partial charge in [0.2, 0.25) is 0 Å². The van der Waals surface area contributed by atoms with E-state index in [1.165, 1.54) is 0 Å². The molecule has 0 unspecified atom stereocenters. The van der Waals surface area contributed by atoms with Crippen molar-refractivity contribution in [3.8, 4) is 0 Å². The van der Waals surface area contributed by atoms with E-state index in [2.05, 4.69) is 25.6 Å². The maximum Gasteiger partial charge on any atom is 0.434 e. The molecule has 0 spiro atoms. The van der Waals surface area contributed by atoms with Gasteiger partial charge in [0.15, 0.2) is 5.69 Å². The predicted octanol–water partition coefficient (Wildman–Crippen LogP) is 0.361. The Kier molecular flexibility index (Phi) is 6.43. The second-order valence-corrected chi connectivity index (χ2v) is 6.46. The number of ether oxygens (including phenoxy) is 1. The molecule has 162 valence electrons. The van der Waals surface area contributed by atoms with Gasteiger partial charge in [-0.1, -0.05) is 0 Å². The molecule has 1 fully saturated rings. The number of nitrogens with one attached hydrogen (secondary N) is 2. The van der Waals surface area contributed by atoms with Gasteiger partial charge in [-0.05, 0) is 6.07 Å². The molecule has 9 nitrogen and oxygen atoms in total. The van der Waals surface area contributed by atoms with Crippen LogP contribution < -0.4 is 10.6 Å². The van der Waals surface area contributed by atoms with Crippen LogP contribution in [0.1, 0.15) is 16.2 Å². The van der Waals surface area contributed by atoms with Crippen LogP contribution in [0.5, 0.6) is 0 Å². The fourth-order valence-electron chi connectivity index (χ4n) is 2.76. The molecule has 0 aliphatic carbocycles. The zero-order chi connectivity index (χ0) is 21.9. The van der Waals surface area contributed by atoms with Gasteiger partial charge in [0.1, 0.15) is 35.6 Å². The summed E-state index contributed by atoms with van der Waals surface area (Å²) < 4.78 is 56.7. The average molecular weight is 431 g/mol. The Balaban J connectivity index is 1.57. The van der Waals surface area contributed by atoms with Crippen molar-refractivity contribution in [3.63, 3.8) is 0 Å². The van der Waals surface area contributed by atoms with Crippen LogP contribution in [0.2, 0.25) is 0 Å². The number of halogens is 4. The number of rotatable bonds is 5. The first-order valence-corrected chi connectivity index (χ1v) is 8.68. The standard InChI is InChI=1S/C17H17F4N5O4/c18-8-1-2-23-9(3-8)16(29)24-4-11-15(28)14(27)10(7-30-11)25-13-6-22-5-12(26-13)17(19,20)21/h1-3,5-6,10-11,14-15,27-28H,4,7H2,(H,24,29)(H,25,26)/t10-,11+,14+,15-/m0/s1. The number of hydrogen-bond donors (Lipinski definition) is 4. The molecule has 1 saturated heterocycles. The highest BCUT2D eigenvalue weighted by atomic mass is 19.4. The summed E-state index contributed by atoms with van der Waals surface area (Å²) in [4.78, 5) is 22.5. The van der Waals surface area contributed by atoms with E-state index >= 15 is 0 Å². The van der Waals surface area contributed by atoms with E-state index in [-0.39, 0.29) is 24.7 Å². The summed E-state index contributed by atoms with van der Waals surface area (Å²) >= 11 is 0. The van der Waals surface area contributed by atoms with E-state index in [4.69, 9.17) is 4.74 Å². The molecule has 0 bridgehead atoms. The summed E-state index contributed by atoms with van der Waals surface area (Å²) in [5, 5.41) is 25.5. The van der Waals surface area contributed by atoms with Gasteiger partial charge in [-0.15, -0.1) is 0 Å². The number of pyridine rings is 1. The van der Waals surface area contributed by atoms with E-state index in [1.807, 2.05) is 0 Å². The largest absolute Gasteiger partial charge is 0.434 e. The summed E-state index contributed by atoms with van der Waals surface area (Å²) in [6.45, 7) is -0.416. The predicted molar refractivity (Wildman–Crippen MR) is 92.7 cm³/mol. The molecule has 2 aromatic heterocycles. The SMILES string of the molecule is O=C(NC[C@H]1OC[C@H](Nc2cncc(C(F)(F)F)n2)[C@@H](O)[C@H]1O)c1cc(F)ccn1. The van der Waals surface area contributed by atoms with Gasteiger partial charge in [-0.25, -0.2) is 9.37 Å². The Morgan fingerprint density at radius 3 is 2.73 bits per heavy atom. The van der Waals surface area contributed by atoms with Gasteiger partial charge in [-0.2, -0.15) is 13.2 Å². The van der Waals surface area contributed by atoms with Crippen LogP contribution in [0.4, 0.5) is 23.4 Å². The number of alkyl halides is 3. The molecular formula is C17H17F4N5O4. The van der Waals surface area contributed by atoms with Crippen LogP contribution in [0, 0.1) is 5.82 Å². The Morgan fingerprint density at radius 2 is 2.03 bits per heavy atom. The molecule has 0 aromatic carbocycles. The first-order valence-electron chi connectivity index (χ1n) is 8.68. The minimum atomic E-state index is -4.69. The summed E-state index contributed by atoms with van der Waals surface area (Å²) in [6.07, 6.45) is -5.91. The second-order valence-electron chi connectivity index (χ2n) is 6.46. The normalized spacial score (nSPS) is 24.3. The molecule has 1 aliphatic rings. The van der Waals surface area contributed by atoms with Gasteiger partial charge in [0, 0.05) is 18.8 Å². The zero-order valence-corrected chi connectivity index (χ0v) is 15.2. The number of aliphatic hydroxyl groups excluding tert-OH is 2. The Morgan fingerprint density at radius 1 is 1.27 bits per heavy atom. The van der Waals surface area contributed by atoms with Crippen LogP contribution in [0.15, 0.2) is 30.7 Å². The molecule has 30 heavy (non-hydrogen) atoms. The second kappa shape index (κ2) is 8.85. The molecule has 4 N–H and O–H groups in total. The third-order valence-corrected chi connectivity index (χ3v) is 4.31. The highest BCUT2D eigenvalue weighted by Crippen LogP contribution is 2.28. The lowest BCUT2D eigenvalue weighted by Crippen LogP contribution is -2.58. The summed E-state index contributed by atoms with van der Waals surface area (Å²) in [6, 6.07) is 1.02. The maximum absolute atomic E-state index is 13.2. The van der Waals surface area contributed by atoms with Crippen molar-refractivity contribution < 1.29 is 37.3 Å². The van der Waals surface area contributed by atoms with E-state index in [1.54, 1.807) is 0 Å². The summed E-state index contributed by atoms with van der Waals surface area (Å²) in [5.41, 5.74) is -1.39. The van der Waals surface area contributed by atoms with Gasteiger partial charge in [-0.3, -0.25) is 14.8 Å². The number of carbonyl (C=O) groups is 1. The molecule has 3 rings (SSSR count). The molecule has 2 aromatic rings. The van der Waals surface area contributed by atoms with E-state index in [0.717, 1.165) is 24.5 Å². The number of amides is 1. The molecule has 0 saturated carbocycles. The monoisotopic (exact) mass is 431 g/mol. The Hall–Kier alpha value is -2.90. The zero-order valence-electron chi connectivity index (χ0n) is 15.2. The molecule has 13 heteroatoms. The lowest BCUT2D eigenvalue weighted by atomic mass is 9.98. The minimum Gasteiger partial charge on any atom is -0.388 e. The first-order chi connectivity index (χ1) is 14.1. The van der Waals surface area contributed by atoms with Gasteiger partial charge in [0.25, 0.3) is 5.91 Å². The number of aliphatic hydroxyl groups is 2. The number of hydrogen-bond acceptors (Lipinski definition) is 8. The molecule has 1 aliphatic heterocycles. The van der Waals surface area contributed by atoms with Crippen molar-refractivity contribution in [1.29, 1.82) is 0 Å². The van der Waals surface area contributed by atoms with Crippen LogP contribution in [0.25, 0.3) is 0 Å². The van der Waals surface area contributed by atoms with Crippen LogP contribution in [-0.4, -0.2) is 68.6 Å². The van der Waals surface area contributed by atoms with Crippen LogP contribution in [-0.2, 0) is 10.9 Å². The van der Waals surface area contributed by atoms with Crippen molar-refractivity contribution in [2.45, 2.75) is 30.5 Å². The fraction of sp³-hybridized carbons (Fsp3) is 0.412. The number of aromatic nitrogens is 3. The number of nitrogens with zero attached hydrogens (tertiary/aromatic N) is 3. The third kappa shape index (κ3) is 5.17. The Labute approximate surface area is 167 Å². The number of anilines is 1. The molecule has 4 atom stereocenters. The van der Waals surface area contributed by atoms with Crippen molar-refractivity contribution in [2.75, 3.05) is 18.5 Å². The summed E-state index contributed by atoms with van der Waals surface area (Å²) in [7, 11) is 0. The van der Waals surface area contributed by atoms with E-state index in [9.17, 15) is 32.6 Å². The van der Waals surface area contributed by atoms with Gasteiger partial charge in [0.05, 0.1) is 25.0 Å². The lowest BCUT2D eigenvalue weighted by molar-refractivity contribution is -0.141. The van der Waals surface area contributed by atoms with E-state index in [0.29, 0.717) is 6.20 Å². The third-order valence-electron chi connectivity index (χ3n) is 4.31. The quantitative estimate of drug-likeness (QED) is 0.500. The van der Waals surface area contributed by atoms with Crippen molar-refractivity contribution in [3.05, 3.63) is 47.9 Å². The maximum atomic E-state index is 13.2. The first kappa shape index (κ1) is 21.8. The van der Waals surface area contributed by atoms with Crippen molar-refractivity contribution >= 4 is 11.7 Å². The van der Waals surface area contributed by atoms with Crippen molar-refractivity contribution in [2.24, 2.45) is 0 Å². The number of carbonyl (C=O) groups excluding carboxylic acids is 1. The smallest absolute Gasteiger partial charge is 0.388 e. The highest BCUT2D eigenvalue weighted by molar-refractivity contribution is 5.92. The lowest BCUT2D eigenvalue weighted by Gasteiger charge is -2.38. The van der Waals surface area contributed by atoms with Crippen LogP contribution >= 0.6 is 0 Å². The molecule has 3 heterocycles. The van der Waals surface area contributed by atoms with Crippen molar-refractivity contribution in [1.82, 2.24) is 20.3 Å². The Bertz CT molecular complexity index is 900. The highest BCUT2D eigenvalue weighted by Gasteiger charge is 2.39. The summed E-state index contributed by atoms with van der Waals surface area (Å²) in [5.74, 6) is -1.61. The molecular weight excluding hydrogens is 414 g/mol. The minimum absolute atomic E-state index is 0.177. The van der Waals surface area contributed by atoms with Gasteiger partial charge >= 0.3 is 6.18 Å². The fourth-order valence-corrected chi connectivity index (χ4v) is 2.76. The van der Waals surface area contributed by atoms with Crippen LogP contribution in [0.3, 0.4) is 0 Å². The molecule has 0 radical (unpaired) electrons. The van der Waals surface area contributed by atoms with Gasteiger partial charge < -0.3 is 25.6 Å². The molecule has 1 amide bonds.